The van der Waals surface area contributed by atoms with Crippen molar-refractivity contribution in [3.05, 3.63) is 29.8 Å². The molecule has 134 valence electrons. The minimum Gasteiger partial charge on any atom is -0.370 e. The van der Waals surface area contributed by atoms with Crippen molar-refractivity contribution >= 4 is 41.5 Å². The van der Waals surface area contributed by atoms with Gasteiger partial charge in [-0.25, -0.2) is 4.99 Å². The number of nitrogens with one attached hydrogen (secondary N) is 1. The van der Waals surface area contributed by atoms with Crippen LogP contribution in [-0.2, 0) is 11.3 Å². The van der Waals surface area contributed by atoms with Crippen LogP contribution in [0, 0.1) is 5.92 Å². The Morgan fingerprint density at radius 1 is 1.38 bits per heavy atom. The molecule has 1 aliphatic rings. The molecule has 1 fully saturated rings. The number of rotatable bonds is 5. The van der Waals surface area contributed by atoms with Crippen LogP contribution in [0.15, 0.2) is 29.3 Å². The third kappa shape index (κ3) is 6.67. The van der Waals surface area contributed by atoms with Gasteiger partial charge in [-0.05, 0) is 42.9 Å². The molecule has 5 nitrogen and oxygen atoms in total. The number of likely N-dealkylation sites (tertiary alicyclic amines) is 1. The minimum atomic E-state index is 0. The van der Waals surface area contributed by atoms with Crippen LogP contribution in [-0.4, -0.2) is 29.9 Å². The highest BCUT2D eigenvalue weighted by atomic mass is 127. The SMILES string of the molecule is CCCC(=O)Nc1ccc(CN=C(N)N2CCCC(C)C2)cc1.I. The number of guanidine groups is 1. The molecular weight excluding hydrogens is 415 g/mol. The van der Waals surface area contributed by atoms with Gasteiger partial charge >= 0.3 is 0 Å². The average Bonchev–Trinajstić information content (AvgIpc) is 2.54. The molecule has 1 aromatic rings. The molecule has 0 aromatic heterocycles. The van der Waals surface area contributed by atoms with E-state index in [1.165, 1.54) is 12.8 Å². The summed E-state index contributed by atoms with van der Waals surface area (Å²) in [5.41, 5.74) is 8.02. The number of piperidine rings is 1. The normalized spacial score (nSPS) is 18.0. The first kappa shape index (κ1) is 20.7. The van der Waals surface area contributed by atoms with Gasteiger partial charge in [-0.1, -0.05) is 26.0 Å². The zero-order valence-electron chi connectivity index (χ0n) is 14.6. The first-order chi connectivity index (χ1) is 11.1. The van der Waals surface area contributed by atoms with E-state index in [0.29, 0.717) is 24.8 Å². The van der Waals surface area contributed by atoms with Crippen LogP contribution < -0.4 is 11.1 Å². The number of nitrogens with two attached hydrogens (primary N) is 1. The molecule has 1 atom stereocenters. The van der Waals surface area contributed by atoms with Gasteiger partial charge in [0.25, 0.3) is 0 Å². The van der Waals surface area contributed by atoms with E-state index in [1.54, 1.807) is 0 Å². The van der Waals surface area contributed by atoms with Crippen molar-refractivity contribution in [2.45, 2.75) is 46.1 Å². The number of nitrogens with zero attached hydrogens (tertiary/aromatic N) is 2. The summed E-state index contributed by atoms with van der Waals surface area (Å²) in [6, 6.07) is 7.80. The standard InChI is InChI=1S/C18H28N4O.HI/c1-3-5-17(23)21-16-9-7-15(8-10-16)12-20-18(19)22-11-4-6-14(2)13-22;/h7-10,14H,3-6,11-13H2,1-2H3,(H2,19,20)(H,21,23);1H. The lowest BCUT2D eigenvalue weighted by atomic mass is 10.0. The largest absolute Gasteiger partial charge is 0.370 e. The molecule has 1 unspecified atom stereocenters. The smallest absolute Gasteiger partial charge is 0.224 e. The Kier molecular flexibility index (Phi) is 9.10. The maximum Gasteiger partial charge on any atom is 0.224 e. The lowest BCUT2D eigenvalue weighted by molar-refractivity contribution is -0.116. The number of hydrogen-bond acceptors (Lipinski definition) is 2. The predicted octanol–water partition coefficient (Wildman–Crippen LogP) is 3.59. The maximum atomic E-state index is 11.6. The third-order valence-corrected chi connectivity index (χ3v) is 4.12. The highest BCUT2D eigenvalue weighted by Crippen LogP contribution is 2.15. The average molecular weight is 444 g/mol. The van der Waals surface area contributed by atoms with Crippen LogP contribution in [0.5, 0.6) is 0 Å². The third-order valence-electron chi connectivity index (χ3n) is 4.12. The maximum absolute atomic E-state index is 11.6. The van der Waals surface area contributed by atoms with E-state index in [1.807, 2.05) is 31.2 Å². The van der Waals surface area contributed by atoms with Crippen molar-refractivity contribution in [3.63, 3.8) is 0 Å². The zero-order chi connectivity index (χ0) is 16.7. The minimum absolute atomic E-state index is 0. The van der Waals surface area contributed by atoms with Crippen molar-refractivity contribution in [2.75, 3.05) is 18.4 Å². The Morgan fingerprint density at radius 3 is 2.71 bits per heavy atom. The molecule has 1 aromatic carbocycles. The van der Waals surface area contributed by atoms with E-state index >= 15 is 0 Å². The lowest BCUT2D eigenvalue weighted by Crippen LogP contribution is -2.43. The van der Waals surface area contributed by atoms with Crippen molar-refractivity contribution in [3.8, 4) is 0 Å². The summed E-state index contributed by atoms with van der Waals surface area (Å²) in [6.45, 7) is 6.82. The van der Waals surface area contributed by atoms with Crippen LogP contribution in [0.2, 0.25) is 0 Å². The molecule has 1 saturated heterocycles. The van der Waals surface area contributed by atoms with Crippen LogP contribution in [0.3, 0.4) is 0 Å². The number of halogens is 1. The highest BCUT2D eigenvalue weighted by molar-refractivity contribution is 14.0. The monoisotopic (exact) mass is 444 g/mol. The van der Waals surface area contributed by atoms with Gasteiger partial charge in [0, 0.05) is 25.2 Å². The molecule has 24 heavy (non-hydrogen) atoms. The molecular formula is C18H29IN4O. The Hall–Kier alpha value is -1.31. The number of carbonyl (C=O) groups excluding carboxylic acids is 1. The fourth-order valence-electron chi connectivity index (χ4n) is 2.81. The highest BCUT2D eigenvalue weighted by Gasteiger charge is 2.17. The second kappa shape index (κ2) is 10.5. The quantitative estimate of drug-likeness (QED) is 0.414. The molecule has 1 heterocycles. The summed E-state index contributed by atoms with van der Waals surface area (Å²) in [4.78, 5) is 18.2. The van der Waals surface area contributed by atoms with Gasteiger partial charge in [-0.3, -0.25) is 4.79 Å². The van der Waals surface area contributed by atoms with E-state index in [2.05, 4.69) is 22.1 Å². The van der Waals surface area contributed by atoms with Gasteiger partial charge in [0.05, 0.1) is 6.54 Å². The van der Waals surface area contributed by atoms with E-state index in [-0.39, 0.29) is 29.9 Å². The lowest BCUT2D eigenvalue weighted by Gasteiger charge is -2.31. The van der Waals surface area contributed by atoms with Gasteiger partial charge in [-0.2, -0.15) is 0 Å². The second-order valence-corrected chi connectivity index (χ2v) is 6.36. The van der Waals surface area contributed by atoms with Crippen molar-refractivity contribution in [1.29, 1.82) is 0 Å². The van der Waals surface area contributed by atoms with Gasteiger partial charge in [0.2, 0.25) is 5.91 Å². The molecule has 6 heteroatoms. The summed E-state index contributed by atoms with van der Waals surface area (Å²) >= 11 is 0. The summed E-state index contributed by atoms with van der Waals surface area (Å²) in [6.07, 6.45) is 3.86. The molecule has 0 aliphatic carbocycles. The summed E-state index contributed by atoms with van der Waals surface area (Å²) in [5, 5.41) is 2.88. The molecule has 0 bridgehead atoms. The van der Waals surface area contributed by atoms with E-state index in [4.69, 9.17) is 5.73 Å². The molecule has 0 radical (unpaired) electrons. The Bertz CT molecular complexity index is 544. The number of benzene rings is 1. The van der Waals surface area contributed by atoms with Gasteiger partial charge in [-0.15, -0.1) is 24.0 Å². The molecule has 1 aliphatic heterocycles. The number of amides is 1. The first-order valence-electron chi connectivity index (χ1n) is 8.52. The van der Waals surface area contributed by atoms with Gasteiger partial charge < -0.3 is 16.0 Å². The van der Waals surface area contributed by atoms with Crippen molar-refractivity contribution < 1.29 is 4.79 Å². The molecule has 2 rings (SSSR count). The fourth-order valence-corrected chi connectivity index (χ4v) is 2.81. The molecule has 0 spiro atoms. The summed E-state index contributed by atoms with van der Waals surface area (Å²) in [7, 11) is 0. The Labute approximate surface area is 162 Å². The van der Waals surface area contributed by atoms with Crippen LogP contribution in [0.1, 0.15) is 45.1 Å². The predicted molar refractivity (Wildman–Crippen MR) is 111 cm³/mol. The van der Waals surface area contributed by atoms with Crippen LogP contribution in [0.25, 0.3) is 0 Å². The van der Waals surface area contributed by atoms with Gasteiger partial charge in [0.15, 0.2) is 5.96 Å². The Balaban J connectivity index is 0.00000288. The Morgan fingerprint density at radius 2 is 2.08 bits per heavy atom. The van der Waals surface area contributed by atoms with Crippen molar-refractivity contribution in [2.24, 2.45) is 16.6 Å². The zero-order valence-corrected chi connectivity index (χ0v) is 17.0. The first-order valence-corrected chi connectivity index (χ1v) is 8.52. The fraction of sp³-hybridized carbons (Fsp3) is 0.556. The molecule has 0 saturated carbocycles. The summed E-state index contributed by atoms with van der Waals surface area (Å²) in [5.74, 6) is 1.38. The van der Waals surface area contributed by atoms with E-state index < -0.39 is 0 Å². The number of carbonyl (C=O) groups is 1. The van der Waals surface area contributed by atoms with Gasteiger partial charge in [0.1, 0.15) is 0 Å². The van der Waals surface area contributed by atoms with Crippen LogP contribution in [0.4, 0.5) is 5.69 Å². The topological polar surface area (TPSA) is 70.7 Å². The number of aliphatic imine (C=N–C) groups is 1. The molecule has 3 N–H and O–H groups in total. The second-order valence-electron chi connectivity index (χ2n) is 6.36. The summed E-state index contributed by atoms with van der Waals surface area (Å²) < 4.78 is 0. The van der Waals surface area contributed by atoms with Crippen molar-refractivity contribution in [1.82, 2.24) is 4.90 Å². The van der Waals surface area contributed by atoms with Crippen LogP contribution >= 0.6 is 24.0 Å². The number of hydrogen-bond donors (Lipinski definition) is 2. The number of anilines is 1. The van der Waals surface area contributed by atoms with E-state index in [9.17, 15) is 4.79 Å². The molecule has 1 amide bonds. The van der Waals surface area contributed by atoms with E-state index in [0.717, 1.165) is 30.8 Å².